The summed E-state index contributed by atoms with van der Waals surface area (Å²) in [5.41, 5.74) is 0.858. The molecule has 0 radical (unpaired) electrons. The molecule has 5 heteroatoms. The first-order valence-electron chi connectivity index (χ1n) is 6.03. The molecule has 2 atom stereocenters. The summed E-state index contributed by atoms with van der Waals surface area (Å²) >= 11 is 18.3. The largest absolute Gasteiger partial charge is 0.381 e. The molecule has 1 N–H and O–H groups in total. The Labute approximate surface area is 123 Å². The van der Waals surface area contributed by atoms with Gasteiger partial charge in [-0.15, -0.1) is 0 Å². The molecule has 2 unspecified atom stereocenters. The van der Waals surface area contributed by atoms with Gasteiger partial charge in [0.05, 0.1) is 16.7 Å². The van der Waals surface area contributed by atoms with Gasteiger partial charge in [-0.05, 0) is 31.4 Å². The number of nitrogens with one attached hydrogen (secondary N) is 1. The van der Waals surface area contributed by atoms with E-state index >= 15 is 0 Å². The van der Waals surface area contributed by atoms with Gasteiger partial charge >= 0.3 is 0 Å². The van der Waals surface area contributed by atoms with Crippen molar-refractivity contribution in [2.45, 2.75) is 25.9 Å². The standard InChI is InChI=1S/C13H16Cl3NO/c1-8(9-4-5-18-7-9)17-6-10-11(14)2-3-12(15)13(10)16/h2-3,8-9,17H,4-7H2,1H3. The summed E-state index contributed by atoms with van der Waals surface area (Å²) < 4.78 is 5.38. The fourth-order valence-corrected chi connectivity index (χ4v) is 2.79. The summed E-state index contributed by atoms with van der Waals surface area (Å²) in [6.45, 7) is 4.46. The zero-order chi connectivity index (χ0) is 13.1. The molecule has 0 aromatic heterocycles. The zero-order valence-electron chi connectivity index (χ0n) is 10.2. The molecule has 0 spiro atoms. The molecule has 0 bridgehead atoms. The van der Waals surface area contributed by atoms with Crippen LogP contribution in [-0.4, -0.2) is 19.3 Å². The van der Waals surface area contributed by atoms with Crippen molar-refractivity contribution < 1.29 is 4.74 Å². The molecule has 1 aromatic rings. The first-order valence-corrected chi connectivity index (χ1v) is 7.16. The van der Waals surface area contributed by atoms with E-state index in [0.29, 0.717) is 33.6 Å². The van der Waals surface area contributed by atoms with Crippen molar-refractivity contribution in [3.05, 3.63) is 32.8 Å². The van der Waals surface area contributed by atoms with E-state index in [1.54, 1.807) is 12.1 Å². The number of hydrogen-bond donors (Lipinski definition) is 1. The second-order valence-electron chi connectivity index (χ2n) is 4.61. The average molecular weight is 309 g/mol. The van der Waals surface area contributed by atoms with Crippen molar-refractivity contribution in [3.63, 3.8) is 0 Å². The fourth-order valence-electron chi connectivity index (χ4n) is 2.11. The monoisotopic (exact) mass is 307 g/mol. The molecular weight excluding hydrogens is 293 g/mol. The molecule has 18 heavy (non-hydrogen) atoms. The van der Waals surface area contributed by atoms with Crippen LogP contribution in [0.2, 0.25) is 15.1 Å². The molecule has 0 saturated carbocycles. The summed E-state index contributed by atoms with van der Waals surface area (Å²) in [6.07, 6.45) is 1.10. The molecule has 2 rings (SSSR count). The van der Waals surface area contributed by atoms with Crippen LogP contribution in [0.15, 0.2) is 12.1 Å². The molecule has 1 saturated heterocycles. The van der Waals surface area contributed by atoms with Crippen molar-refractivity contribution in [3.8, 4) is 0 Å². The first kappa shape index (κ1) is 14.4. The summed E-state index contributed by atoms with van der Waals surface area (Å²) in [5, 5.41) is 5.16. The summed E-state index contributed by atoms with van der Waals surface area (Å²) in [5.74, 6) is 0.557. The van der Waals surface area contributed by atoms with Gasteiger partial charge in [-0.25, -0.2) is 0 Å². The maximum absolute atomic E-state index is 6.16. The molecule has 1 fully saturated rings. The predicted octanol–water partition coefficient (Wildman–Crippen LogP) is 4.16. The second-order valence-corrected chi connectivity index (χ2v) is 5.81. The molecule has 0 aliphatic carbocycles. The van der Waals surface area contributed by atoms with Crippen LogP contribution in [0.1, 0.15) is 18.9 Å². The summed E-state index contributed by atoms with van der Waals surface area (Å²) in [4.78, 5) is 0. The minimum Gasteiger partial charge on any atom is -0.381 e. The molecule has 1 heterocycles. The van der Waals surface area contributed by atoms with Gasteiger partial charge in [-0.2, -0.15) is 0 Å². The van der Waals surface area contributed by atoms with Crippen LogP contribution >= 0.6 is 34.8 Å². The maximum atomic E-state index is 6.16. The Balaban J connectivity index is 1.99. The van der Waals surface area contributed by atoms with Crippen molar-refractivity contribution in [1.82, 2.24) is 5.32 Å². The third-order valence-corrected chi connectivity index (χ3v) is 4.61. The fraction of sp³-hybridized carbons (Fsp3) is 0.538. The second kappa shape index (κ2) is 6.44. The Morgan fingerprint density at radius 2 is 2.06 bits per heavy atom. The molecule has 100 valence electrons. The van der Waals surface area contributed by atoms with Crippen molar-refractivity contribution in [2.24, 2.45) is 5.92 Å². The lowest BCUT2D eigenvalue weighted by Gasteiger charge is -2.20. The van der Waals surface area contributed by atoms with Crippen LogP contribution in [0.25, 0.3) is 0 Å². The maximum Gasteiger partial charge on any atom is 0.0652 e. The van der Waals surface area contributed by atoms with Crippen LogP contribution in [-0.2, 0) is 11.3 Å². The molecule has 1 aliphatic rings. The highest BCUT2D eigenvalue weighted by Gasteiger charge is 2.22. The molecular formula is C13H16Cl3NO. The van der Waals surface area contributed by atoms with Gasteiger partial charge in [0.25, 0.3) is 0 Å². The Kier molecular flexibility index (Phi) is 5.16. The highest BCUT2D eigenvalue weighted by atomic mass is 35.5. The Morgan fingerprint density at radius 1 is 1.33 bits per heavy atom. The van der Waals surface area contributed by atoms with Crippen LogP contribution in [0, 0.1) is 5.92 Å². The van der Waals surface area contributed by atoms with Crippen LogP contribution in [0.4, 0.5) is 0 Å². The number of hydrogen-bond acceptors (Lipinski definition) is 2. The Morgan fingerprint density at radius 3 is 2.72 bits per heavy atom. The van der Waals surface area contributed by atoms with E-state index in [1.807, 2.05) is 0 Å². The topological polar surface area (TPSA) is 21.3 Å². The van der Waals surface area contributed by atoms with Gasteiger partial charge in [-0.1, -0.05) is 34.8 Å². The Hall–Kier alpha value is 0.01000. The molecule has 2 nitrogen and oxygen atoms in total. The van der Waals surface area contributed by atoms with Gasteiger partial charge in [0, 0.05) is 29.8 Å². The van der Waals surface area contributed by atoms with Crippen molar-refractivity contribution in [2.75, 3.05) is 13.2 Å². The van der Waals surface area contributed by atoms with E-state index in [-0.39, 0.29) is 0 Å². The predicted molar refractivity (Wildman–Crippen MR) is 76.7 cm³/mol. The lowest BCUT2D eigenvalue weighted by molar-refractivity contribution is 0.178. The van der Waals surface area contributed by atoms with Crippen molar-refractivity contribution in [1.29, 1.82) is 0 Å². The van der Waals surface area contributed by atoms with Gasteiger partial charge < -0.3 is 10.1 Å². The van der Waals surface area contributed by atoms with E-state index in [9.17, 15) is 0 Å². The van der Waals surface area contributed by atoms with Crippen molar-refractivity contribution >= 4 is 34.8 Å². The van der Waals surface area contributed by atoms with Crippen LogP contribution in [0.3, 0.4) is 0 Å². The van der Waals surface area contributed by atoms with Gasteiger partial charge in [-0.3, -0.25) is 0 Å². The van der Waals surface area contributed by atoms with E-state index in [2.05, 4.69) is 12.2 Å². The quantitative estimate of drug-likeness (QED) is 0.843. The SMILES string of the molecule is CC(NCc1c(Cl)ccc(Cl)c1Cl)C1CCOC1. The third-order valence-electron chi connectivity index (χ3n) is 3.41. The summed E-state index contributed by atoms with van der Waals surface area (Å²) in [6, 6.07) is 3.86. The smallest absolute Gasteiger partial charge is 0.0652 e. The van der Waals surface area contributed by atoms with Gasteiger partial charge in [0.15, 0.2) is 0 Å². The number of ether oxygens (including phenoxy) is 1. The first-order chi connectivity index (χ1) is 8.59. The molecule has 1 aliphatic heterocycles. The van der Waals surface area contributed by atoms with Crippen LogP contribution < -0.4 is 5.32 Å². The highest BCUT2D eigenvalue weighted by Crippen LogP contribution is 2.31. The van der Waals surface area contributed by atoms with E-state index in [1.165, 1.54) is 0 Å². The van der Waals surface area contributed by atoms with Gasteiger partial charge in [0.2, 0.25) is 0 Å². The average Bonchev–Trinajstić information content (AvgIpc) is 2.87. The Bertz CT molecular complexity index is 419. The highest BCUT2D eigenvalue weighted by molar-refractivity contribution is 6.44. The molecule has 0 amide bonds. The minimum absolute atomic E-state index is 0.374. The lowest BCUT2D eigenvalue weighted by Crippen LogP contribution is -2.33. The zero-order valence-corrected chi connectivity index (χ0v) is 12.4. The minimum atomic E-state index is 0.374. The lowest BCUT2D eigenvalue weighted by atomic mass is 10.0. The normalized spacial score (nSPS) is 21.2. The number of halogens is 3. The number of benzene rings is 1. The van der Waals surface area contributed by atoms with Gasteiger partial charge in [0.1, 0.15) is 0 Å². The third kappa shape index (κ3) is 3.31. The van der Waals surface area contributed by atoms with E-state index in [4.69, 9.17) is 39.5 Å². The molecule has 1 aromatic carbocycles. The van der Waals surface area contributed by atoms with E-state index < -0.39 is 0 Å². The van der Waals surface area contributed by atoms with Crippen LogP contribution in [0.5, 0.6) is 0 Å². The van der Waals surface area contributed by atoms with E-state index in [0.717, 1.165) is 25.2 Å². The number of rotatable bonds is 4. The summed E-state index contributed by atoms with van der Waals surface area (Å²) in [7, 11) is 0.